The van der Waals surface area contributed by atoms with Gasteiger partial charge in [-0.3, -0.25) is 4.79 Å². The average Bonchev–Trinajstić information content (AvgIpc) is 2.68. The molecule has 2 aliphatic heterocycles. The van der Waals surface area contributed by atoms with Gasteiger partial charge in [0.25, 0.3) is 0 Å². The summed E-state index contributed by atoms with van der Waals surface area (Å²) in [5.41, 5.74) is 1.29. The van der Waals surface area contributed by atoms with Crippen LogP contribution in [0.15, 0.2) is 71.3 Å². The lowest BCUT2D eigenvalue weighted by Gasteiger charge is -2.31. The van der Waals surface area contributed by atoms with E-state index >= 15 is 0 Å². The number of para-hydroxylation sites is 1. The second kappa shape index (κ2) is 7.16. The summed E-state index contributed by atoms with van der Waals surface area (Å²) >= 11 is 0. The Bertz CT molecular complexity index is 1080. The Morgan fingerprint density at radius 2 is 1.79 bits per heavy atom. The maximum absolute atomic E-state index is 12.9. The molecule has 144 valence electrons. The smallest absolute Gasteiger partial charge is 0.340 e. The highest BCUT2D eigenvalue weighted by atomic mass is 32.2. The molecule has 6 nitrogen and oxygen atoms in total. The van der Waals surface area contributed by atoms with E-state index in [1.165, 1.54) is 0 Å². The van der Waals surface area contributed by atoms with Crippen molar-refractivity contribution in [1.29, 1.82) is 0 Å². The number of rotatable bonds is 4. The highest BCUT2D eigenvalue weighted by Crippen LogP contribution is 2.47. The number of esters is 1. The zero-order chi connectivity index (χ0) is 19.7. The second-order valence-electron chi connectivity index (χ2n) is 6.33. The second-order valence-corrected chi connectivity index (χ2v) is 7.85. The van der Waals surface area contributed by atoms with Gasteiger partial charge in [-0.2, -0.15) is 8.42 Å². The fourth-order valence-corrected chi connectivity index (χ4v) is 4.69. The Labute approximate surface area is 163 Å². The van der Waals surface area contributed by atoms with E-state index in [0.29, 0.717) is 11.3 Å². The number of carbonyl (C=O) groups is 1. The van der Waals surface area contributed by atoms with Crippen molar-refractivity contribution in [3.8, 4) is 5.75 Å². The van der Waals surface area contributed by atoms with Crippen molar-refractivity contribution in [3.05, 3.63) is 82.5 Å². The normalized spacial score (nSPS) is 19.5. The Balaban J connectivity index is 1.87. The highest BCUT2D eigenvalue weighted by Gasteiger charge is 2.41. The molecule has 0 aromatic heterocycles. The number of fused-ring (bicyclic) bond motifs is 2. The summed E-state index contributed by atoms with van der Waals surface area (Å²) in [7, 11) is -4.06. The largest absolute Gasteiger partial charge is 0.466 e. The van der Waals surface area contributed by atoms with E-state index in [0.717, 1.165) is 5.56 Å². The monoisotopic (exact) mass is 398 g/mol. The molecule has 1 unspecified atom stereocenters. The molecular weight excluding hydrogens is 380 g/mol. The van der Waals surface area contributed by atoms with Crippen LogP contribution in [0.25, 0.3) is 5.76 Å². The van der Waals surface area contributed by atoms with Crippen LogP contribution in [0.5, 0.6) is 5.75 Å². The number of allylic oxidation sites excluding steroid dienone is 2. The zero-order valence-corrected chi connectivity index (χ0v) is 15.9. The molecule has 0 radical (unpaired) electrons. The highest BCUT2D eigenvalue weighted by molar-refractivity contribution is 7.91. The third-order valence-electron chi connectivity index (χ3n) is 4.48. The molecule has 4 rings (SSSR count). The molecule has 2 aromatic rings. The van der Waals surface area contributed by atoms with Crippen molar-refractivity contribution in [3.63, 3.8) is 0 Å². The van der Waals surface area contributed by atoms with E-state index in [4.69, 9.17) is 13.7 Å². The summed E-state index contributed by atoms with van der Waals surface area (Å²) in [4.78, 5) is 12.0. The maximum Gasteiger partial charge on any atom is 0.340 e. The van der Waals surface area contributed by atoms with Gasteiger partial charge >= 0.3 is 16.1 Å². The first-order chi connectivity index (χ1) is 13.5. The van der Waals surface area contributed by atoms with Crippen LogP contribution in [-0.2, 0) is 24.4 Å². The van der Waals surface area contributed by atoms with E-state index in [-0.39, 0.29) is 29.4 Å². The lowest BCUT2D eigenvalue weighted by atomic mass is 9.93. The average molecular weight is 398 g/mol. The Kier molecular flexibility index (Phi) is 4.68. The first kappa shape index (κ1) is 18.3. The van der Waals surface area contributed by atoms with Crippen LogP contribution in [-0.4, -0.2) is 21.0 Å². The van der Waals surface area contributed by atoms with Crippen molar-refractivity contribution >= 4 is 21.8 Å². The van der Waals surface area contributed by atoms with Crippen LogP contribution < -0.4 is 4.18 Å². The molecule has 7 heteroatoms. The molecule has 0 fully saturated rings. The molecule has 0 aliphatic carbocycles. The van der Waals surface area contributed by atoms with Gasteiger partial charge in [0.15, 0.2) is 11.5 Å². The Morgan fingerprint density at radius 3 is 2.54 bits per heavy atom. The first-order valence-electron chi connectivity index (χ1n) is 8.87. The standard InChI is InChI=1S/C21H18O6S/c1-2-25-19(22)13-15-12-17(14-8-4-3-5-9-14)21-20(26-15)16-10-6-7-11-18(16)27-28(21,23)24/h3-12,17H,2,13H2,1H3. The van der Waals surface area contributed by atoms with Crippen molar-refractivity contribution in [2.75, 3.05) is 6.61 Å². The molecule has 0 bridgehead atoms. The molecule has 0 N–H and O–H groups in total. The summed E-state index contributed by atoms with van der Waals surface area (Å²) in [6, 6.07) is 15.9. The SMILES string of the molecule is CCOC(=O)CC1=CC(c2ccccc2)C2=C(O1)c1ccccc1OS2(=O)=O. The van der Waals surface area contributed by atoms with Gasteiger partial charge in [0.05, 0.1) is 12.2 Å². The molecular formula is C21H18O6S. The number of hydrogen-bond donors (Lipinski definition) is 0. The van der Waals surface area contributed by atoms with E-state index in [1.54, 1.807) is 37.3 Å². The number of benzene rings is 2. The maximum atomic E-state index is 12.9. The van der Waals surface area contributed by atoms with Crippen LogP contribution >= 0.6 is 0 Å². The van der Waals surface area contributed by atoms with Gasteiger partial charge in [0, 0.05) is 5.92 Å². The summed E-state index contributed by atoms with van der Waals surface area (Å²) in [5, 5.41) is 0. The lowest BCUT2D eigenvalue weighted by Crippen LogP contribution is -2.26. The Hall–Kier alpha value is -3.06. The van der Waals surface area contributed by atoms with Gasteiger partial charge < -0.3 is 13.7 Å². The van der Waals surface area contributed by atoms with E-state index < -0.39 is 22.0 Å². The van der Waals surface area contributed by atoms with Crippen LogP contribution in [0.2, 0.25) is 0 Å². The molecule has 1 atom stereocenters. The first-order valence-corrected chi connectivity index (χ1v) is 10.3. The number of hydrogen-bond acceptors (Lipinski definition) is 6. The van der Waals surface area contributed by atoms with Gasteiger partial charge in [-0.15, -0.1) is 0 Å². The van der Waals surface area contributed by atoms with Crippen molar-refractivity contribution in [1.82, 2.24) is 0 Å². The molecule has 0 saturated carbocycles. The molecule has 2 aromatic carbocycles. The van der Waals surface area contributed by atoms with Crippen molar-refractivity contribution in [2.24, 2.45) is 0 Å². The van der Waals surface area contributed by atoms with Gasteiger partial charge in [0.1, 0.15) is 17.1 Å². The molecule has 0 saturated heterocycles. The Morgan fingerprint density at radius 1 is 1.07 bits per heavy atom. The fourth-order valence-electron chi connectivity index (χ4n) is 3.32. The fraction of sp³-hybridized carbons (Fsp3) is 0.190. The number of ether oxygens (including phenoxy) is 2. The van der Waals surface area contributed by atoms with Crippen LogP contribution in [0, 0.1) is 0 Å². The molecule has 28 heavy (non-hydrogen) atoms. The van der Waals surface area contributed by atoms with Gasteiger partial charge in [-0.05, 0) is 30.7 Å². The quantitative estimate of drug-likeness (QED) is 0.577. The summed E-state index contributed by atoms with van der Waals surface area (Å²) in [6.07, 6.45) is 1.55. The van der Waals surface area contributed by atoms with E-state index in [2.05, 4.69) is 0 Å². The van der Waals surface area contributed by atoms with Gasteiger partial charge in [0.2, 0.25) is 0 Å². The summed E-state index contributed by atoms with van der Waals surface area (Å²) in [5.74, 6) is -0.332. The molecule has 0 spiro atoms. The number of carbonyl (C=O) groups excluding carboxylic acids is 1. The van der Waals surface area contributed by atoms with Crippen molar-refractivity contribution < 1.29 is 26.9 Å². The zero-order valence-electron chi connectivity index (χ0n) is 15.1. The van der Waals surface area contributed by atoms with Crippen molar-refractivity contribution in [2.45, 2.75) is 19.3 Å². The molecule has 2 aliphatic rings. The minimum Gasteiger partial charge on any atom is -0.466 e. The predicted molar refractivity (Wildman–Crippen MR) is 103 cm³/mol. The third-order valence-corrected chi connectivity index (χ3v) is 5.85. The van der Waals surface area contributed by atoms with Gasteiger partial charge in [-0.25, -0.2) is 0 Å². The minimum atomic E-state index is -4.06. The van der Waals surface area contributed by atoms with Crippen LogP contribution in [0.1, 0.15) is 30.4 Å². The topological polar surface area (TPSA) is 78.9 Å². The van der Waals surface area contributed by atoms with E-state index in [1.807, 2.05) is 30.3 Å². The third kappa shape index (κ3) is 3.29. The van der Waals surface area contributed by atoms with E-state index in [9.17, 15) is 13.2 Å². The molecule has 2 heterocycles. The van der Waals surface area contributed by atoms with Gasteiger partial charge in [-0.1, -0.05) is 42.5 Å². The molecule has 0 amide bonds. The summed E-state index contributed by atoms with van der Waals surface area (Å²) < 4.78 is 42.0. The summed E-state index contributed by atoms with van der Waals surface area (Å²) in [6.45, 7) is 1.98. The lowest BCUT2D eigenvalue weighted by molar-refractivity contribution is -0.142. The van der Waals surface area contributed by atoms with Crippen LogP contribution in [0.4, 0.5) is 0 Å². The predicted octanol–water partition coefficient (Wildman–Crippen LogP) is 3.73. The van der Waals surface area contributed by atoms with Crippen LogP contribution in [0.3, 0.4) is 0 Å². The minimum absolute atomic E-state index is 0.0324.